The lowest BCUT2D eigenvalue weighted by Crippen LogP contribution is -2.14. The molecule has 0 spiro atoms. The molecule has 0 saturated carbocycles. The van der Waals surface area contributed by atoms with E-state index in [4.69, 9.17) is 0 Å². The summed E-state index contributed by atoms with van der Waals surface area (Å²) in [5.41, 5.74) is 0.405. The fraction of sp³-hybridized carbons (Fsp3) is 0.333. The Morgan fingerprint density at radius 1 is 1.55 bits per heavy atom. The molecule has 0 bridgehead atoms. The fourth-order valence-electron chi connectivity index (χ4n) is 0.681. The summed E-state index contributed by atoms with van der Waals surface area (Å²) in [6, 6.07) is 0. The summed E-state index contributed by atoms with van der Waals surface area (Å²) in [4.78, 5) is 17.7. The van der Waals surface area contributed by atoms with Gasteiger partial charge >= 0.3 is 0 Å². The SMILES string of the molecule is CCc1nc(Br)c(Br)[nH]c1=O. The smallest absolute Gasteiger partial charge is 0.270 e. The molecule has 11 heavy (non-hydrogen) atoms. The number of nitrogens with one attached hydrogen (secondary N) is 1. The van der Waals surface area contributed by atoms with Gasteiger partial charge in [0.15, 0.2) is 0 Å². The monoisotopic (exact) mass is 280 g/mol. The molecule has 0 aliphatic carbocycles. The van der Waals surface area contributed by atoms with Crippen LogP contribution in [0.3, 0.4) is 0 Å². The van der Waals surface area contributed by atoms with Crippen molar-refractivity contribution in [3.8, 4) is 0 Å². The number of nitrogens with zero attached hydrogens (tertiary/aromatic N) is 1. The van der Waals surface area contributed by atoms with E-state index in [2.05, 4.69) is 41.8 Å². The highest BCUT2D eigenvalue weighted by atomic mass is 79.9. The number of H-pyrrole nitrogens is 1. The molecule has 3 nitrogen and oxygen atoms in total. The summed E-state index contributed by atoms with van der Waals surface area (Å²) < 4.78 is 1.22. The molecule has 1 rings (SSSR count). The Balaban J connectivity index is 3.32. The van der Waals surface area contributed by atoms with Crippen LogP contribution in [0, 0.1) is 0 Å². The molecule has 0 amide bonds. The molecule has 0 aromatic carbocycles. The summed E-state index contributed by atoms with van der Waals surface area (Å²) in [6.07, 6.45) is 0.640. The van der Waals surface area contributed by atoms with Gasteiger partial charge in [-0.3, -0.25) is 4.79 Å². The first-order chi connectivity index (χ1) is 5.15. The quantitative estimate of drug-likeness (QED) is 0.854. The van der Waals surface area contributed by atoms with Crippen LogP contribution in [0.5, 0.6) is 0 Å². The van der Waals surface area contributed by atoms with Gasteiger partial charge in [0.25, 0.3) is 5.56 Å². The number of aromatic nitrogens is 2. The third-order valence-corrected chi connectivity index (χ3v) is 2.91. The molecule has 0 unspecified atom stereocenters. The Morgan fingerprint density at radius 3 is 2.73 bits per heavy atom. The van der Waals surface area contributed by atoms with Crippen molar-refractivity contribution in [2.75, 3.05) is 0 Å². The van der Waals surface area contributed by atoms with Gasteiger partial charge in [0.2, 0.25) is 0 Å². The van der Waals surface area contributed by atoms with E-state index >= 15 is 0 Å². The average Bonchev–Trinajstić information content (AvgIpc) is 1.97. The van der Waals surface area contributed by atoms with E-state index < -0.39 is 0 Å². The second-order valence-corrected chi connectivity index (χ2v) is 3.52. The molecule has 60 valence electrons. The van der Waals surface area contributed by atoms with Crippen molar-refractivity contribution in [2.45, 2.75) is 13.3 Å². The first-order valence-electron chi connectivity index (χ1n) is 3.09. The zero-order valence-electron chi connectivity index (χ0n) is 5.82. The minimum atomic E-state index is -0.137. The van der Waals surface area contributed by atoms with Crippen molar-refractivity contribution >= 4 is 31.9 Å². The van der Waals surface area contributed by atoms with E-state index in [1.54, 1.807) is 0 Å². The minimum Gasteiger partial charge on any atom is -0.313 e. The third-order valence-electron chi connectivity index (χ3n) is 1.23. The molecule has 1 aromatic rings. The largest absolute Gasteiger partial charge is 0.313 e. The van der Waals surface area contributed by atoms with E-state index in [9.17, 15) is 4.79 Å². The molecule has 1 aromatic heterocycles. The van der Waals surface area contributed by atoms with E-state index in [0.29, 0.717) is 21.3 Å². The number of rotatable bonds is 1. The Morgan fingerprint density at radius 2 is 2.18 bits per heavy atom. The molecule has 0 fully saturated rings. The molecule has 0 radical (unpaired) electrons. The maximum atomic E-state index is 11.1. The fourth-order valence-corrected chi connectivity index (χ4v) is 1.26. The van der Waals surface area contributed by atoms with E-state index in [1.807, 2.05) is 6.92 Å². The predicted octanol–water partition coefficient (Wildman–Crippen LogP) is 1.86. The van der Waals surface area contributed by atoms with Gasteiger partial charge < -0.3 is 4.98 Å². The van der Waals surface area contributed by atoms with Gasteiger partial charge in [-0.1, -0.05) is 6.92 Å². The second kappa shape index (κ2) is 3.49. The number of halogens is 2. The van der Waals surface area contributed by atoms with Crippen LogP contribution in [0.15, 0.2) is 14.0 Å². The lowest BCUT2D eigenvalue weighted by Gasteiger charge is -1.97. The van der Waals surface area contributed by atoms with Crippen LogP contribution in [-0.2, 0) is 6.42 Å². The maximum absolute atomic E-state index is 11.1. The Kier molecular flexibility index (Phi) is 2.84. The van der Waals surface area contributed by atoms with Crippen LogP contribution < -0.4 is 5.56 Å². The lowest BCUT2D eigenvalue weighted by molar-refractivity contribution is 0.935. The first-order valence-corrected chi connectivity index (χ1v) is 4.68. The van der Waals surface area contributed by atoms with E-state index in [1.165, 1.54) is 0 Å². The Labute approximate surface area is 80.5 Å². The van der Waals surface area contributed by atoms with Gasteiger partial charge in [-0.25, -0.2) is 4.98 Å². The van der Waals surface area contributed by atoms with Crippen LogP contribution in [0.25, 0.3) is 0 Å². The highest BCUT2D eigenvalue weighted by Crippen LogP contribution is 2.15. The summed E-state index contributed by atoms with van der Waals surface area (Å²) in [5.74, 6) is 0. The number of aryl methyl sites for hydroxylation is 1. The Hall–Kier alpha value is -0.160. The van der Waals surface area contributed by atoms with E-state index in [0.717, 1.165) is 0 Å². The molecular formula is C6H6Br2N2O. The zero-order chi connectivity index (χ0) is 8.43. The van der Waals surface area contributed by atoms with Gasteiger partial charge in [0, 0.05) is 0 Å². The molecule has 0 aliphatic heterocycles. The van der Waals surface area contributed by atoms with Gasteiger partial charge in [-0.2, -0.15) is 0 Å². The van der Waals surface area contributed by atoms with Crippen LogP contribution >= 0.6 is 31.9 Å². The predicted molar refractivity (Wildman–Crippen MR) is 49.6 cm³/mol. The first kappa shape index (κ1) is 8.93. The normalized spacial score (nSPS) is 10.1. The highest BCUT2D eigenvalue weighted by molar-refractivity contribution is 9.13. The van der Waals surface area contributed by atoms with Gasteiger partial charge in [0.05, 0.1) is 0 Å². The summed E-state index contributed by atoms with van der Waals surface area (Å²) in [7, 11) is 0. The standard InChI is InChI=1S/C6H6Br2N2O/c1-2-3-6(11)10-5(8)4(7)9-3/h2H2,1H3,(H,10,11). The van der Waals surface area contributed by atoms with Crippen molar-refractivity contribution < 1.29 is 0 Å². The highest BCUT2D eigenvalue weighted by Gasteiger charge is 2.03. The molecule has 0 aliphatic rings. The van der Waals surface area contributed by atoms with Gasteiger partial charge in [-0.05, 0) is 38.3 Å². The number of aromatic amines is 1. The second-order valence-electron chi connectivity index (χ2n) is 1.97. The number of hydrogen-bond acceptors (Lipinski definition) is 2. The molecule has 0 saturated heterocycles. The van der Waals surface area contributed by atoms with Crippen LogP contribution in [0.4, 0.5) is 0 Å². The lowest BCUT2D eigenvalue weighted by atomic mass is 10.3. The van der Waals surface area contributed by atoms with Gasteiger partial charge in [0.1, 0.15) is 14.9 Å². The maximum Gasteiger partial charge on any atom is 0.270 e. The van der Waals surface area contributed by atoms with E-state index in [-0.39, 0.29) is 5.56 Å². The Bertz CT molecular complexity index is 321. The number of hydrogen-bond donors (Lipinski definition) is 1. The van der Waals surface area contributed by atoms with Crippen molar-refractivity contribution in [1.29, 1.82) is 0 Å². The van der Waals surface area contributed by atoms with Crippen LogP contribution in [0.1, 0.15) is 12.6 Å². The van der Waals surface area contributed by atoms with Crippen LogP contribution in [-0.4, -0.2) is 9.97 Å². The van der Waals surface area contributed by atoms with Crippen molar-refractivity contribution in [3.05, 3.63) is 25.3 Å². The topological polar surface area (TPSA) is 45.8 Å². The minimum absolute atomic E-state index is 0.137. The third kappa shape index (κ3) is 1.90. The van der Waals surface area contributed by atoms with Crippen molar-refractivity contribution in [2.24, 2.45) is 0 Å². The van der Waals surface area contributed by atoms with Crippen molar-refractivity contribution in [1.82, 2.24) is 9.97 Å². The summed E-state index contributed by atoms with van der Waals surface area (Å²) in [5, 5.41) is 0. The molecule has 0 atom stereocenters. The van der Waals surface area contributed by atoms with Gasteiger partial charge in [-0.15, -0.1) is 0 Å². The van der Waals surface area contributed by atoms with Crippen LogP contribution in [0.2, 0.25) is 0 Å². The molecule has 1 heterocycles. The van der Waals surface area contributed by atoms with Crippen molar-refractivity contribution in [3.63, 3.8) is 0 Å². The average molecular weight is 282 g/mol. The summed E-state index contributed by atoms with van der Waals surface area (Å²) in [6.45, 7) is 1.89. The summed E-state index contributed by atoms with van der Waals surface area (Å²) >= 11 is 6.34. The molecule has 5 heteroatoms. The molecular weight excluding hydrogens is 276 g/mol. The zero-order valence-corrected chi connectivity index (χ0v) is 8.99. The molecule has 1 N–H and O–H groups in total.